The highest BCUT2D eigenvalue weighted by Crippen LogP contribution is 2.63. The molecule has 0 aliphatic heterocycles. The van der Waals surface area contributed by atoms with Crippen LogP contribution < -0.4 is 0 Å². The normalized spacial score (nSPS) is 13.7. The van der Waals surface area contributed by atoms with Gasteiger partial charge in [0, 0.05) is 0 Å². The predicted octanol–water partition coefficient (Wildman–Crippen LogP) is 16.9. The Morgan fingerprint density at radius 3 is 0.844 bits per heavy atom. The fraction of sp³-hybridized carbons (Fsp3) is 0.0312. The Bertz CT molecular complexity index is 3680. The summed E-state index contributed by atoms with van der Waals surface area (Å²) >= 11 is 0. The molecule has 4 aliphatic rings. The average molecular weight is 807 g/mol. The third kappa shape index (κ3) is 4.37. The molecule has 0 unspecified atom stereocenters. The number of allylic oxidation sites excluding steroid dienone is 2. The second-order valence-electron chi connectivity index (χ2n) is 18.0. The molecule has 0 bridgehead atoms. The van der Waals surface area contributed by atoms with Crippen molar-refractivity contribution in [2.24, 2.45) is 0 Å². The van der Waals surface area contributed by atoms with E-state index in [2.05, 4.69) is 206 Å². The first kappa shape index (κ1) is 34.5. The molecule has 0 amide bonds. The largest absolute Gasteiger partial charge is 0.0715 e. The van der Waals surface area contributed by atoms with E-state index in [1.807, 2.05) is 0 Å². The molecule has 0 nitrogen and oxygen atoms in total. The van der Waals surface area contributed by atoms with Crippen molar-refractivity contribution in [3.63, 3.8) is 0 Å². The molecule has 0 saturated carbocycles. The van der Waals surface area contributed by atoms with Gasteiger partial charge >= 0.3 is 0 Å². The second-order valence-corrected chi connectivity index (χ2v) is 18.0. The fourth-order valence-corrected chi connectivity index (χ4v) is 12.6. The van der Waals surface area contributed by atoms with Gasteiger partial charge in [0.2, 0.25) is 0 Å². The number of hydrogen-bond donors (Lipinski definition) is 0. The summed E-state index contributed by atoms with van der Waals surface area (Å²) in [7, 11) is 0. The molecule has 0 aromatic heterocycles. The Balaban J connectivity index is 1.05. The van der Waals surface area contributed by atoms with Crippen LogP contribution in [0.1, 0.15) is 33.4 Å². The lowest BCUT2D eigenvalue weighted by molar-refractivity contribution is 1.17. The van der Waals surface area contributed by atoms with Crippen molar-refractivity contribution in [3.05, 3.63) is 240 Å². The standard InChI is InChI=1S/C64H38/c1-5-17-37(18-6-1)53-41-25-13-14-26-42(41)54(38-19-7-2-8-20-38)62-50-34-30-46-48-32-36-52-60-51(35-31-47(58(48)60)45-29-33-49(61(53)62)59(50)57(45)46)63-55(39-21-9-3-10-22-39)43-27-15-16-28-44(43)56(64(52)63)40-23-11-4-12-24-40/h1-29,31,33-36H,30,32H2. The van der Waals surface area contributed by atoms with Crippen LogP contribution in [-0.2, 0) is 12.8 Å². The van der Waals surface area contributed by atoms with Crippen molar-refractivity contribution in [1.82, 2.24) is 0 Å². The Morgan fingerprint density at radius 2 is 0.516 bits per heavy atom. The molecular formula is C64H38. The topological polar surface area (TPSA) is 0 Å². The minimum atomic E-state index is 0.906. The van der Waals surface area contributed by atoms with E-state index < -0.39 is 0 Å². The van der Waals surface area contributed by atoms with Crippen LogP contribution in [-0.4, -0.2) is 0 Å². The number of hydrogen-bond acceptors (Lipinski definition) is 0. The Morgan fingerprint density at radius 1 is 0.219 bits per heavy atom. The fourth-order valence-electron chi connectivity index (χ4n) is 12.6. The summed E-state index contributed by atoms with van der Waals surface area (Å²) in [6, 6.07) is 72.6. The number of benzene rings is 11. The molecule has 15 rings (SSSR count). The molecule has 11 aromatic carbocycles. The SMILES string of the molecule is C1=C2c3c(c(-c4ccccc4)c4ccccc4c3-c3ccccc3)-c3ccc4c(c(c5c6c7c(ccc64)-c4c(c(-c6ccccc6)c6ccccc6c4-c4ccccc4)C7=CC5)C1)c32. The van der Waals surface area contributed by atoms with E-state index in [1.54, 1.807) is 0 Å². The van der Waals surface area contributed by atoms with Crippen molar-refractivity contribution in [2.45, 2.75) is 12.8 Å². The molecule has 0 radical (unpaired) electrons. The first-order chi connectivity index (χ1) is 31.8. The van der Waals surface area contributed by atoms with Gasteiger partial charge in [0.15, 0.2) is 0 Å². The number of fused-ring (bicyclic) bond motifs is 10. The van der Waals surface area contributed by atoms with Gasteiger partial charge < -0.3 is 0 Å². The van der Waals surface area contributed by atoms with Gasteiger partial charge in [-0.25, -0.2) is 0 Å². The highest BCUT2D eigenvalue weighted by molar-refractivity contribution is 6.30. The van der Waals surface area contributed by atoms with E-state index in [1.165, 1.54) is 154 Å². The average Bonchev–Trinajstić information content (AvgIpc) is 3.88. The number of rotatable bonds is 4. The highest BCUT2D eigenvalue weighted by Gasteiger charge is 2.39. The molecule has 11 aromatic rings. The summed E-state index contributed by atoms with van der Waals surface area (Å²) in [5.74, 6) is 0. The summed E-state index contributed by atoms with van der Waals surface area (Å²) in [5, 5.41) is 10.9. The van der Waals surface area contributed by atoms with E-state index in [4.69, 9.17) is 0 Å². The molecule has 64 heavy (non-hydrogen) atoms. The van der Waals surface area contributed by atoms with Crippen LogP contribution in [0, 0.1) is 0 Å². The zero-order valence-electron chi connectivity index (χ0n) is 35.0. The zero-order chi connectivity index (χ0) is 41.6. The summed E-state index contributed by atoms with van der Waals surface area (Å²) in [4.78, 5) is 0. The zero-order valence-corrected chi connectivity index (χ0v) is 35.0. The molecule has 0 N–H and O–H groups in total. The van der Waals surface area contributed by atoms with Crippen LogP contribution >= 0.6 is 0 Å². The summed E-state index contributed by atoms with van der Waals surface area (Å²) in [6.45, 7) is 0. The third-order valence-corrected chi connectivity index (χ3v) is 15.0. The van der Waals surface area contributed by atoms with Crippen LogP contribution in [0.5, 0.6) is 0 Å². The first-order valence-corrected chi connectivity index (χ1v) is 22.7. The minimum Gasteiger partial charge on any atom is -0.0715 e. The van der Waals surface area contributed by atoms with Crippen molar-refractivity contribution in [1.29, 1.82) is 0 Å². The van der Waals surface area contributed by atoms with Crippen molar-refractivity contribution >= 4 is 54.2 Å². The van der Waals surface area contributed by atoms with E-state index in [0.717, 1.165) is 12.8 Å². The van der Waals surface area contributed by atoms with Crippen molar-refractivity contribution in [3.8, 4) is 66.8 Å². The van der Waals surface area contributed by atoms with Crippen LogP contribution in [0.2, 0.25) is 0 Å². The molecular weight excluding hydrogens is 769 g/mol. The molecule has 0 heterocycles. The molecule has 0 spiro atoms. The quantitative estimate of drug-likeness (QED) is 0.155. The monoisotopic (exact) mass is 806 g/mol. The molecule has 0 saturated heterocycles. The molecule has 294 valence electrons. The van der Waals surface area contributed by atoms with Gasteiger partial charge in [0.1, 0.15) is 0 Å². The summed E-state index contributed by atoms with van der Waals surface area (Å²) in [5.41, 5.74) is 27.2. The summed E-state index contributed by atoms with van der Waals surface area (Å²) < 4.78 is 0. The van der Waals surface area contributed by atoms with E-state index >= 15 is 0 Å². The molecule has 0 heteroatoms. The van der Waals surface area contributed by atoms with Crippen LogP contribution in [0.3, 0.4) is 0 Å². The van der Waals surface area contributed by atoms with Crippen LogP contribution in [0.25, 0.3) is 121 Å². The lowest BCUT2D eigenvalue weighted by Gasteiger charge is -2.26. The lowest BCUT2D eigenvalue weighted by Crippen LogP contribution is -2.07. The summed E-state index contributed by atoms with van der Waals surface area (Å²) in [6.07, 6.45) is 7.00. The Hall–Kier alpha value is -8.06. The maximum Gasteiger partial charge on any atom is -0.000752 e. The maximum atomic E-state index is 2.59. The van der Waals surface area contributed by atoms with Gasteiger partial charge in [0.25, 0.3) is 0 Å². The molecule has 0 atom stereocenters. The molecule has 4 aliphatic carbocycles. The van der Waals surface area contributed by atoms with Gasteiger partial charge in [-0.05, 0) is 167 Å². The van der Waals surface area contributed by atoms with Crippen LogP contribution in [0.15, 0.2) is 206 Å². The Kier molecular flexibility index (Phi) is 6.88. The minimum absolute atomic E-state index is 0.906. The van der Waals surface area contributed by atoms with Gasteiger partial charge in [-0.2, -0.15) is 0 Å². The lowest BCUT2D eigenvalue weighted by atomic mass is 9.77. The smallest absolute Gasteiger partial charge is 0.000752 e. The van der Waals surface area contributed by atoms with Crippen LogP contribution in [0.4, 0.5) is 0 Å². The van der Waals surface area contributed by atoms with E-state index in [9.17, 15) is 0 Å². The maximum absolute atomic E-state index is 2.59. The third-order valence-electron chi connectivity index (χ3n) is 15.0. The van der Waals surface area contributed by atoms with Gasteiger partial charge in [-0.1, -0.05) is 206 Å². The highest BCUT2D eigenvalue weighted by atomic mass is 14.4. The second kappa shape index (κ2) is 12.8. The van der Waals surface area contributed by atoms with Crippen molar-refractivity contribution in [2.75, 3.05) is 0 Å². The Labute approximate surface area is 371 Å². The predicted molar refractivity (Wildman–Crippen MR) is 271 cm³/mol. The van der Waals surface area contributed by atoms with Gasteiger partial charge in [0.05, 0.1) is 0 Å². The van der Waals surface area contributed by atoms with E-state index in [0.29, 0.717) is 0 Å². The first-order valence-electron chi connectivity index (χ1n) is 22.7. The van der Waals surface area contributed by atoms with Crippen molar-refractivity contribution < 1.29 is 0 Å². The molecule has 0 fully saturated rings. The van der Waals surface area contributed by atoms with E-state index in [-0.39, 0.29) is 0 Å². The van der Waals surface area contributed by atoms with Gasteiger partial charge in [-0.3, -0.25) is 0 Å². The van der Waals surface area contributed by atoms with Gasteiger partial charge in [-0.15, -0.1) is 0 Å².